The van der Waals surface area contributed by atoms with Crippen LogP contribution in [-0.2, 0) is 4.57 Å². The smallest absolute Gasteiger partial charge is 0.0856 e. The van der Waals surface area contributed by atoms with Crippen LogP contribution in [0.15, 0.2) is 0 Å². The molecule has 0 amide bonds. The van der Waals surface area contributed by atoms with Crippen molar-refractivity contribution in [2.45, 2.75) is 0 Å². The van der Waals surface area contributed by atoms with E-state index in [9.17, 15) is 9.46 Å². The molecule has 4 nitrogen and oxygen atoms in total. The van der Waals surface area contributed by atoms with Gasteiger partial charge in [-0.2, -0.15) is 0 Å². The predicted octanol–water partition coefficient (Wildman–Crippen LogP) is -1.48. The molecule has 0 saturated carbocycles. The maximum Gasteiger partial charge on any atom is 0.0856 e. The van der Waals surface area contributed by atoms with Gasteiger partial charge in [-0.3, -0.25) is 0 Å². The average Bonchev–Trinajstić information content (AvgIpc) is 1.68. The summed E-state index contributed by atoms with van der Waals surface area (Å²) in [7, 11) is -3.79. The molecule has 0 atom stereocenters. The molecule has 0 aliphatic rings. The van der Waals surface area contributed by atoms with Gasteiger partial charge in [-0.15, -0.1) is 0 Å². The third kappa shape index (κ3) is 2.76. The number of hydrogen-bond acceptors (Lipinski definition) is 4. The molecule has 0 aromatic rings. The van der Waals surface area contributed by atoms with Crippen LogP contribution in [0.1, 0.15) is 0 Å². The average molecular weight is 125 g/mol. The van der Waals surface area contributed by atoms with Crippen LogP contribution in [0.4, 0.5) is 0 Å². The maximum absolute atomic E-state index is 9.90. The summed E-state index contributed by atoms with van der Waals surface area (Å²) in [5, 5.41) is 15.7. The van der Waals surface area contributed by atoms with E-state index in [1.54, 1.807) is 0 Å². The molecule has 0 aromatic heterocycles. The zero-order valence-corrected chi connectivity index (χ0v) is 4.47. The second-order valence-corrected chi connectivity index (χ2v) is 3.29. The van der Waals surface area contributed by atoms with Crippen LogP contribution in [0.2, 0.25) is 0 Å². The van der Waals surface area contributed by atoms with Gasteiger partial charge in [-0.1, -0.05) is 0 Å². The van der Waals surface area contributed by atoms with Crippen LogP contribution in [0.25, 0.3) is 0 Å². The van der Waals surface area contributed by atoms with Gasteiger partial charge < -0.3 is 19.7 Å². The lowest BCUT2D eigenvalue weighted by Crippen LogP contribution is -2.07. The van der Waals surface area contributed by atoms with Crippen molar-refractivity contribution in [3.05, 3.63) is 0 Å². The Kier molecular flexibility index (Phi) is 2.46. The monoisotopic (exact) mass is 125 g/mol. The fraction of sp³-hybridized carbons (Fsp3) is 1.00. The molecule has 0 spiro atoms. The van der Waals surface area contributed by atoms with Gasteiger partial charge in [0.05, 0.1) is 20.1 Å². The summed E-state index contributed by atoms with van der Waals surface area (Å²) in [4.78, 5) is 9.90. The van der Waals surface area contributed by atoms with Crippen molar-refractivity contribution in [3.63, 3.8) is 0 Å². The van der Waals surface area contributed by atoms with E-state index in [0.29, 0.717) is 0 Å². The number of rotatable bonds is 2. The lowest BCUT2D eigenvalue weighted by atomic mass is 11.7. The fourth-order valence-electron chi connectivity index (χ4n) is 0.0447. The van der Waals surface area contributed by atoms with E-state index in [-0.39, 0.29) is 0 Å². The first-order valence-corrected chi connectivity index (χ1v) is 3.63. The minimum atomic E-state index is -3.79. The summed E-state index contributed by atoms with van der Waals surface area (Å²) < 4.78 is 9.90. The number of aliphatic hydroxyl groups is 2. The molecule has 0 heterocycles. The second kappa shape index (κ2) is 2.43. The van der Waals surface area contributed by atoms with E-state index in [1.165, 1.54) is 0 Å². The third-order valence-electron chi connectivity index (χ3n) is 0.431. The SMILES string of the molecule is O=P([O-])(CO)CO. The van der Waals surface area contributed by atoms with Gasteiger partial charge in [0.1, 0.15) is 0 Å². The molecular weight excluding hydrogens is 119 g/mol. The molecule has 0 aliphatic heterocycles. The molecule has 0 unspecified atom stereocenters. The first kappa shape index (κ1) is 7.11. The molecule has 2 N–H and O–H groups in total. The Labute approximate surface area is 40.9 Å². The second-order valence-electron chi connectivity index (χ2n) is 1.10. The van der Waals surface area contributed by atoms with Crippen LogP contribution in [0.5, 0.6) is 0 Å². The van der Waals surface area contributed by atoms with Crippen LogP contribution >= 0.6 is 7.37 Å². The lowest BCUT2D eigenvalue weighted by Gasteiger charge is -2.15. The highest BCUT2D eigenvalue weighted by Gasteiger charge is 1.99. The quantitative estimate of drug-likeness (QED) is 0.441. The number of aliphatic hydroxyl groups excluding tert-OH is 2. The van der Waals surface area contributed by atoms with Gasteiger partial charge in [0.25, 0.3) is 0 Å². The maximum atomic E-state index is 9.90. The van der Waals surface area contributed by atoms with Gasteiger partial charge in [0.15, 0.2) is 0 Å². The Bertz CT molecular complexity index is 81.7. The summed E-state index contributed by atoms with van der Waals surface area (Å²) in [6.45, 7) is 0. The van der Waals surface area contributed by atoms with Gasteiger partial charge in [0, 0.05) is 0 Å². The topological polar surface area (TPSA) is 80.6 Å². The van der Waals surface area contributed by atoms with Gasteiger partial charge in [-0.25, -0.2) is 0 Å². The number of hydrogen-bond donors (Lipinski definition) is 2. The molecule has 5 heteroatoms. The standard InChI is InChI=1S/C2H7O4P/c3-1-7(5,6)2-4/h3-4H,1-2H2,(H,5,6)/p-1. The molecule has 0 aromatic carbocycles. The van der Waals surface area contributed by atoms with Gasteiger partial charge >= 0.3 is 0 Å². The normalized spacial score (nSPS) is 11.9. The first-order chi connectivity index (χ1) is 3.12. The highest BCUT2D eigenvalue weighted by Crippen LogP contribution is 2.30. The molecule has 0 saturated heterocycles. The van der Waals surface area contributed by atoms with E-state index in [4.69, 9.17) is 10.2 Å². The lowest BCUT2D eigenvalue weighted by molar-refractivity contribution is -0.182. The molecule has 0 bridgehead atoms. The summed E-state index contributed by atoms with van der Waals surface area (Å²) in [6, 6.07) is 0. The molecular formula is C2H6O4P-. The van der Waals surface area contributed by atoms with Crippen LogP contribution in [0, 0.1) is 0 Å². The zero-order chi connectivity index (χ0) is 5.91. The van der Waals surface area contributed by atoms with Gasteiger partial charge in [-0.05, 0) is 0 Å². The molecule has 0 rings (SSSR count). The highest BCUT2D eigenvalue weighted by atomic mass is 31.2. The van der Waals surface area contributed by atoms with Crippen LogP contribution in [-0.4, -0.2) is 22.9 Å². The molecule has 0 radical (unpaired) electrons. The Morgan fingerprint density at radius 3 is 1.71 bits per heavy atom. The first-order valence-electron chi connectivity index (χ1n) is 1.63. The van der Waals surface area contributed by atoms with Crippen molar-refractivity contribution >= 4 is 7.37 Å². The minimum absolute atomic E-state index is 0.955. The highest BCUT2D eigenvalue weighted by molar-refractivity contribution is 7.56. The van der Waals surface area contributed by atoms with Crippen LogP contribution < -0.4 is 4.89 Å². The van der Waals surface area contributed by atoms with Gasteiger partial charge in [0.2, 0.25) is 0 Å². The van der Waals surface area contributed by atoms with Crippen molar-refractivity contribution in [1.29, 1.82) is 0 Å². The van der Waals surface area contributed by atoms with E-state index < -0.39 is 20.1 Å². The molecule has 44 valence electrons. The minimum Gasteiger partial charge on any atom is -0.796 e. The Morgan fingerprint density at radius 2 is 1.71 bits per heavy atom. The summed E-state index contributed by atoms with van der Waals surface area (Å²) in [5.74, 6) is 0. The summed E-state index contributed by atoms with van der Waals surface area (Å²) in [5.41, 5.74) is 0. The fourth-order valence-corrected chi connectivity index (χ4v) is 0.134. The molecule has 0 aliphatic carbocycles. The molecule has 7 heavy (non-hydrogen) atoms. The Hall–Kier alpha value is 0.110. The summed E-state index contributed by atoms with van der Waals surface area (Å²) in [6.07, 6.45) is -1.91. The summed E-state index contributed by atoms with van der Waals surface area (Å²) >= 11 is 0. The van der Waals surface area contributed by atoms with Crippen LogP contribution in [0.3, 0.4) is 0 Å². The van der Waals surface area contributed by atoms with E-state index in [1.807, 2.05) is 0 Å². The van der Waals surface area contributed by atoms with Crippen molar-refractivity contribution in [1.82, 2.24) is 0 Å². The van der Waals surface area contributed by atoms with E-state index >= 15 is 0 Å². The molecule has 0 fully saturated rings. The Morgan fingerprint density at radius 1 is 1.43 bits per heavy atom. The van der Waals surface area contributed by atoms with Crippen molar-refractivity contribution < 1.29 is 19.7 Å². The van der Waals surface area contributed by atoms with E-state index in [2.05, 4.69) is 0 Å². The third-order valence-corrected chi connectivity index (χ3v) is 1.29. The predicted molar refractivity (Wildman–Crippen MR) is 21.8 cm³/mol. The Balaban J connectivity index is 3.61. The zero-order valence-electron chi connectivity index (χ0n) is 3.57. The van der Waals surface area contributed by atoms with Crippen molar-refractivity contribution in [2.75, 3.05) is 12.7 Å². The largest absolute Gasteiger partial charge is 0.796 e. The van der Waals surface area contributed by atoms with Crippen molar-refractivity contribution in [3.8, 4) is 0 Å². The van der Waals surface area contributed by atoms with Crippen molar-refractivity contribution in [2.24, 2.45) is 0 Å². The van der Waals surface area contributed by atoms with E-state index in [0.717, 1.165) is 0 Å².